The van der Waals surface area contributed by atoms with Gasteiger partial charge in [-0.1, -0.05) is 12.2 Å². The normalized spacial score (nSPS) is 35.4. The number of aliphatic imine (C=N–C) groups is 1. The van der Waals surface area contributed by atoms with Crippen molar-refractivity contribution in [1.29, 1.82) is 0 Å². The molecule has 1 saturated carbocycles. The van der Waals surface area contributed by atoms with E-state index in [1.54, 1.807) is 7.05 Å². The van der Waals surface area contributed by atoms with Crippen molar-refractivity contribution in [2.75, 3.05) is 40.3 Å². The van der Waals surface area contributed by atoms with Gasteiger partial charge in [0.1, 0.15) is 0 Å². The highest BCUT2D eigenvalue weighted by Crippen LogP contribution is 2.52. The number of carbonyl (C=O) groups excluding carboxylic acids is 2. The summed E-state index contributed by atoms with van der Waals surface area (Å²) in [6.45, 7) is 3.24. The Balaban J connectivity index is 1.20. The van der Waals surface area contributed by atoms with Crippen molar-refractivity contribution in [1.82, 2.24) is 20.4 Å². The molecule has 5 unspecified atom stereocenters. The molecular formula is C20H31N5O2. The number of nitrogens with zero attached hydrogens (tertiary/aromatic N) is 3. The summed E-state index contributed by atoms with van der Waals surface area (Å²) in [5, 5.41) is 6.68. The molecule has 0 spiro atoms. The van der Waals surface area contributed by atoms with Crippen molar-refractivity contribution < 1.29 is 9.59 Å². The van der Waals surface area contributed by atoms with Gasteiger partial charge in [-0.2, -0.15) is 0 Å². The van der Waals surface area contributed by atoms with Crippen LogP contribution in [0.25, 0.3) is 0 Å². The molecule has 7 heteroatoms. The van der Waals surface area contributed by atoms with E-state index in [1.165, 1.54) is 17.7 Å². The van der Waals surface area contributed by atoms with Crippen LogP contribution in [0.1, 0.15) is 25.7 Å². The minimum atomic E-state index is -0.0849. The highest BCUT2D eigenvalue weighted by molar-refractivity contribution is 6.06. The first-order valence-corrected chi connectivity index (χ1v) is 10.3. The maximum Gasteiger partial charge on any atom is 0.233 e. The Morgan fingerprint density at radius 3 is 2.48 bits per heavy atom. The summed E-state index contributed by atoms with van der Waals surface area (Å²) in [4.78, 5) is 33.5. The minimum absolute atomic E-state index is 0.0497. The summed E-state index contributed by atoms with van der Waals surface area (Å²) in [6, 6.07) is 0.562. The molecule has 2 heterocycles. The zero-order valence-electron chi connectivity index (χ0n) is 16.4. The van der Waals surface area contributed by atoms with Gasteiger partial charge >= 0.3 is 0 Å². The molecule has 2 saturated heterocycles. The number of hydrogen-bond acceptors (Lipinski definition) is 4. The van der Waals surface area contributed by atoms with Gasteiger partial charge in [0.25, 0.3) is 0 Å². The van der Waals surface area contributed by atoms with Gasteiger partial charge in [0, 0.05) is 32.7 Å². The number of hydrogen-bond donors (Lipinski definition) is 2. The summed E-state index contributed by atoms with van der Waals surface area (Å²) in [5.41, 5.74) is 0. The van der Waals surface area contributed by atoms with E-state index in [-0.39, 0.29) is 35.5 Å². The number of imide groups is 1. The van der Waals surface area contributed by atoms with Crippen LogP contribution in [-0.4, -0.2) is 73.9 Å². The van der Waals surface area contributed by atoms with Crippen molar-refractivity contribution >= 4 is 17.8 Å². The molecule has 2 N–H and O–H groups in total. The van der Waals surface area contributed by atoms with E-state index in [4.69, 9.17) is 0 Å². The molecule has 0 aromatic rings. The molecule has 0 aromatic carbocycles. The number of rotatable bonds is 6. The van der Waals surface area contributed by atoms with E-state index < -0.39 is 0 Å². The number of likely N-dealkylation sites (N-methyl/N-ethyl adjacent to an activating group) is 1. The maximum absolute atomic E-state index is 12.7. The van der Waals surface area contributed by atoms with Crippen molar-refractivity contribution in [3.05, 3.63) is 12.2 Å². The third kappa shape index (κ3) is 3.37. The Morgan fingerprint density at radius 1 is 1.19 bits per heavy atom. The SMILES string of the molecule is CN=C(NCCCN1C(=O)C2C3C=CC(C3)C2C1=O)NCC1CCCN1C. The van der Waals surface area contributed by atoms with Crippen LogP contribution in [0.3, 0.4) is 0 Å². The largest absolute Gasteiger partial charge is 0.356 e. The third-order valence-electron chi connectivity index (χ3n) is 6.81. The molecule has 2 aliphatic carbocycles. The molecule has 7 nitrogen and oxygen atoms in total. The molecule has 2 amide bonds. The lowest BCUT2D eigenvalue weighted by atomic mass is 9.85. The Morgan fingerprint density at radius 2 is 1.89 bits per heavy atom. The molecule has 2 aliphatic heterocycles. The second kappa shape index (κ2) is 7.62. The van der Waals surface area contributed by atoms with Gasteiger partial charge in [0.15, 0.2) is 5.96 Å². The lowest BCUT2D eigenvalue weighted by molar-refractivity contribution is -0.140. The summed E-state index contributed by atoms with van der Waals surface area (Å²) in [7, 11) is 3.93. The first-order valence-electron chi connectivity index (χ1n) is 10.3. The average molecular weight is 374 g/mol. The summed E-state index contributed by atoms with van der Waals surface area (Å²) in [6.07, 6.45) is 8.48. The van der Waals surface area contributed by atoms with E-state index in [1.807, 2.05) is 0 Å². The van der Waals surface area contributed by atoms with E-state index in [0.29, 0.717) is 19.1 Å². The van der Waals surface area contributed by atoms with Crippen molar-refractivity contribution in [3.8, 4) is 0 Å². The van der Waals surface area contributed by atoms with Gasteiger partial charge in [-0.05, 0) is 51.1 Å². The average Bonchev–Trinajstić information content (AvgIpc) is 3.42. The molecular weight excluding hydrogens is 342 g/mol. The Kier molecular flexibility index (Phi) is 5.21. The fourth-order valence-electron chi connectivity index (χ4n) is 5.30. The Labute approximate surface area is 161 Å². The minimum Gasteiger partial charge on any atom is -0.356 e. The standard InChI is InChI=1S/C20H31N5O2/c1-21-20(23-12-15-5-3-9-24(15)2)22-8-4-10-25-18(26)16-13-6-7-14(11-13)17(16)19(25)27/h6-7,13-17H,3-5,8-12H2,1-2H3,(H2,21,22,23). The van der Waals surface area contributed by atoms with Gasteiger partial charge in [-0.25, -0.2) is 0 Å². The first-order chi connectivity index (χ1) is 13.1. The Hall–Kier alpha value is -1.89. The molecule has 3 fully saturated rings. The summed E-state index contributed by atoms with van der Waals surface area (Å²) in [5.74, 6) is 1.29. The van der Waals surface area contributed by atoms with Crippen LogP contribution in [0.2, 0.25) is 0 Å². The number of nitrogens with one attached hydrogen (secondary N) is 2. The quantitative estimate of drug-likeness (QED) is 0.232. The van der Waals surface area contributed by atoms with Crippen LogP contribution in [-0.2, 0) is 9.59 Å². The van der Waals surface area contributed by atoms with E-state index in [0.717, 1.165) is 31.9 Å². The number of fused-ring (bicyclic) bond motifs is 5. The van der Waals surface area contributed by atoms with Gasteiger partial charge in [0.2, 0.25) is 11.8 Å². The van der Waals surface area contributed by atoms with Gasteiger partial charge in [-0.15, -0.1) is 0 Å². The van der Waals surface area contributed by atoms with E-state index in [2.05, 4.69) is 39.7 Å². The monoisotopic (exact) mass is 373 g/mol. The number of guanidine groups is 1. The maximum atomic E-state index is 12.7. The van der Waals surface area contributed by atoms with Gasteiger partial charge in [-0.3, -0.25) is 19.5 Å². The summed E-state index contributed by atoms with van der Waals surface area (Å²) < 4.78 is 0. The second-order valence-electron chi connectivity index (χ2n) is 8.34. The molecule has 0 aromatic heterocycles. The molecule has 5 atom stereocenters. The molecule has 4 rings (SSSR count). The van der Waals surface area contributed by atoms with Crippen LogP contribution in [0.15, 0.2) is 17.1 Å². The van der Waals surface area contributed by atoms with Crippen molar-refractivity contribution in [2.24, 2.45) is 28.7 Å². The van der Waals surface area contributed by atoms with Crippen molar-refractivity contribution in [3.63, 3.8) is 0 Å². The highest BCUT2D eigenvalue weighted by atomic mass is 16.2. The van der Waals surface area contributed by atoms with Crippen LogP contribution < -0.4 is 10.6 Å². The van der Waals surface area contributed by atoms with Crippen LogP contribution >= 0.6 is 0 Å². The van der Waals surface area contributed by atoms with Gasteiger partial charge < -0.3 is 15.5 Å². The molecule has 0 radical (unpaired) electrons. The predicted octanol–water partition coefficient (Wildman–Crippen LogP) is 0.443. The Bertz CT molecular complexity index is 631. The molecule has 27 heavy (non-hydrogen) atoms. The summed E-state index contributed by atoms with van der Waals surface area (Å²) >= 11 is 0. The zero-order valence-corrected chi connectivity index (χ0v) is 16.4. The fourth-order valence-corrected chi connectivity index (χ4v) is 5.30. The lowest BCUT2D eigenvalue weighted by Gasteiger charge is -2.21. The first kappa shape index (κ1) is 18.5. The number of carbonyl (C=O) groups is 2. The highest BCUT2D eigenvalue weighted by Gasteiger charge is 2.58. The van der Waals surface area contributed by atoms with Crippen molar-refractivity contribution in [2.45, 2.75) is 31.7 Å². The number of likely N-dealkylation sites (tertiary alicyclic amines) is 2. The number of amides is 2. The topological polar surface area (TPSA) is 77.0 Å². The third-order valence-corrected chi connectivity index (χ3v) is 6.81. The van der Waals surface area contributed by atoms with E-state index in [9.17, 15) is 9.59 Å². The van der Waals surface area contributed by atoms with Crippen LogP contribution in [0.4, 0.5) is 0 Å². The lowest BCUT2D eigenvalue weighted by Crippen LogP contribution is -2.44. The predicted molar refractivity (Wildman–Crippen MR) is 104 cm³/mol. The number of allylic oxidation sites excluding steroid dienone is 2. The van der Waals surface area contributed by atoms with Gasteiger partial charge in [0.05, 0.1) is 11.8 Å². The molecule has 4 aliphatic rings. The van der Waals surface area contributed by atoms with Crippen LogP contribution in [0.5, 0.6) is 0 Å². The smallest absolute Gasteiger partial charge is 0.233 e. The molecule has 148 valence electrons. The van der Waals surface area contributed by atoms with Crippen LogP contribution in [0, 0.1) is 23.7 Å². The van der Waals surface area contributed by atoms with E-state index >= 15 is 0 Å². The molecule has 2 bridgehead atoms. The second-order valence-corrected chi connectivity index (χ2v) is 8.34. The fraction of sp³-hybridized carbons (Fsp3) is 0.750. The zero-order chi connectivity index (χ0) is 19.0.